The van der Waals surface area contributed by atoms with Crippen LogP contribution in [-0.4, -0.2) is 18.6 Å². The van der Waals surface area contributed by atoms with E-state index >= 15 is 0 Å². The van der Waals surface area contributed by atoms with Gasteiger partial charge in [-0.15, -0.1) is 0 Å². The van der Waals surface area contributed by atoms with E-state index in [1.165, 1.54) is 31.4 Å². The van der Waals surface area contributed by atoms with Crippen LogP contribution in [-0.2, 0) is 6.42 Å². The predicted molar refractivity (Wildman–Crippen MR) is 82.7 cm³/mol. The maximum Gasteiger partial charge on any atom is 0.315 e. The SMILES string of the molecule is O=C(NCCCCc1ccc(F)cc1)NC1CCCCC1. The number of carbonyl (C=O) groups is 1. The van der Waals surface area contributed by atoms with Crippen LogP contribution in [0, 0.1) is 5.82 Å². The summed E-state index contributed by atoms with van der Waals surface area (Å²) in [6, 6.07) is 6.94. The summed E-state index contributed by atoms with van der Waals surface area (Å²) in [5, 5.41) is 5.96. The maximum absolute atomic E-state index is 12.8. The molecule has 1 aliphatic carbocycles. The third-order valence-corrected chi connectivity index (χ3v) is 4.03. The zero-order valence-electron chi connectivity index (χ0n) is 12.5. The Labute approximate surface area is 126 Å². The second-order valence-corrected chi connectivity index (χ2v) is 5.82. The van der Waals surface area contributed by atoms with Crippen molar-refractivity contribution in [2.24, 2.45) is 0 Å². The summed E-state index contributed by atoms with van der Waals surface area (Å²) in [6.45, 7) is 0.694. The molecule has 1 saturated carbocycles. The van der Waals surface area contributed by atoms with Crippen molar-refractivity contribution >= 4 is 6.03 Å². The summed E-state index contributed by atoms with van der Waals surface area (Å²) in [7, 11) is 0. The average Bonchev–Trinajstić information content (AvgIpc) is 2.50. The standard InChI is InChI=1S/C17H25FN2O/c18-15-11-9-14(10-12-15)6-4-5-13-19-17(21)20-16-7-2-1-3-8-16/h9-12,16H,1-8,13H2,(H2,19,20,21). The molecule has 3 nitrogen and oxygen atoms in total. The number of carbonyl (C=O) groups excluding carboxylic acids is 1. The lowest BCUT2D eigenvalue weighted by Gasteiger charge is -2.22. The van der Waals surface area contributed by atoms with Gasteiger partial charge in [-0.3, -0.25) is 0 Å². The molecule has 0 unspecified atom stereocenters. The van der Waals surface area contributed by atoms with E-state index in [0.717, 1.165) is 37.7 Å². The third kappa shape index (κ3) is 6.15. The minimum absolute atomic E-state index is 0.0383. The molecule has 1 aromatic rings. The molecule has 2 amide bonds. The highest BCUT2D eigenvalue weighted by molar-refractivity contribution is 5.74. The van der Waals surface area contributed by atoms with E-state index in [4.69, 9.17) is 0 Å². The molecule has 1 fully saturated rings. The van der Waals surface area contributed by atoms with Crippen LogP contribution in [0.1, 0.15) is 50.5 Å². The van der Waals surface area contributed by atoms with E-state index in [1.807, 2.05) is 12.1 Å². The molecule has 4 heteroatoms. The number of unbranched alkanes of at least 4 members (excludes halogenated alkanes) is 1. The van der Waals surface area contributed by atoms with Gasteiger partial charge >= 0.3 is 6.03 Å². The molecule has 21 heavy (non-hydrogen) atoms. The van der Waals surface area contributed by atoms with Crippen LogP contribution in [0.3, 0.4) is 0 Å². The summed E-state index contributed by atoms with van der Waals surface area (Å²) < 4.78 is 12.8. The maximum atomic E-state index is 12.8. The molecule has 0 spiro atoms. The summed E-state index contributed by atoms with van der Waals surface area (Å²) in [6.07, 6.45) is 8.82. The van der Waals surface area contributed by atoms with Crippen molar-refractivity contribution in [2.45, 2.75) is 57.4 Å². The molecule has 1 aromatic carbocycles. The highest BCUT2D eigenvalue weighted by atomic mass is 19.1. The van der Waals surface area contributed by atoms with Gasteiger partial charge in [0.15, 0.2) is 0 Å². The second kappa shape index (κ2) is 8.65. The number of nitrogens with one attached hydrogen (secondary N) is 2. The largest absolute Gasteiger partial charge is 0.338 e. The Morgan fingerprint density at radius 2 is 1.81 bits per heavy atom. The van der Waals surface area contributed by atoms with Gasteiger partial charge in [0.2, 0.25) is 0 Å². The number of hydrogen-bond acceptors (Lipinski definition) is 1. The van der Waals surface area contributed by atoms with E-state index < -0.39 is 0 Å². The van der Waals surface area contributed by atoms with E-state index in [1.54, 1.807) is 0 Å². The summed E-state index contributed by atoms with van der Waals surface area (Å²) >= 11 is 0. The molecule has 2 N–H and O–H groups in total. The number of halogens is 1. The molecule has 116 valence electrons. The summed E-state index contributed by atoms with van der Waals surface area (Å²) in [5.41, 5.74) is 1.14. The Hall–Kier alpha value is -1.58. The first kappa shape index (κ1) is 15.8. The van der Waals surface area contributed by atoms with Gasteiger partial charge < -0.3 is 10.6 Å². The zero-order valence-corrected chi connectivity index (χ0v) is 12.5. The highest BCUT2D eigenvalue weighted by Crippen LogP contribution is 2.17. The van der Waals surface area contributed by atoms with Gasteiger partial charge in [-0.05, 0) is 49.8 Å². The topological polar surface area (TPSA) is 41.1 Å². The van der Waals surface area contributed by atoms with E-state index in [2.05, 4.69) is 10.6 Å². The predicted octanol–water partition coefficient (Wildman–Crippen LogP) is 3.78. The van der Waals surface area contributed by atoms with Gasteiger partial charge in [0, 0.05) is 12.6 Å². The van der Waals surface area contributed by atoms with Crippen molar-refractivity contribution in [2.75, 3.05) is 6.54 Å². The number of benzene rings is 1. The van der Waals surface area contributed by atoms with E-state index in [0.29, 0.717) is 12.6 Å². The lowest BCUT2D eigenvalue weighted by atomic mass is 9.96. The smallest absolute Gasteiger partial charge is 0.315 e. The van der Waals surface area contributed by atoms with Gasteiger partial charge in [0.1, 0.15) is 5.82 Å². The minimum Gasteiger partial charge on any atom is -0.338 e. The van der Waals surface area contributed by atoms with Crippen LogP contribution < -0.4 is 10.6 Å². The van der Waals surface area contributed by atoms with Crippen molar-refractivity contribution in [1.29, 1.82) is 0 Å². The van der Waals surface area contributed by atoms with Crippen LogP contribution in [0.15, 0.2) is 24.3 Å². The molecule has 0 bridgehead atoms. The molecular weight excluding hydrogens is 267 g/mol. The fourth-order valence-corrected chi connectivity index (χ4v) is 2.79. The zero-order chi connectivity index (χ0) is 14.9. The van der Waals surface area contributed by atoms with Gasteiger partial charge in [0.25, 0.3) is 0 Å². The first-order valence-electron chi connectivity index (χ1n) is 8.03. The van der Waals surface area contributed by atoms with Crippen molar-refractivity contribution in [3.8, 4) is 0 Å². The van der Waals surface area contributed by atoms with Crippen molar-refractivity contribution in [3.63, 3.8) is 0 Å². The quantitative estimate of drug-likeness (QED) is 0.770. The van der Waals surface area contributed by atoms with Crippen LogP contribution in [0.5, 0.6) is 0 Å². The number of aryl methyl sites for hydroxylation is 1. The van der Waals surface area contributed by atoms with Crippen LogP contribution in [0.25, 0.3) is 0 Å². The molecule has 0 heterocycles. The molecule has 0 aliphatic heterocycles. The van der Waals surface area contributed by atoms with Gasteiger partial charge in [-0.25, -0.2) is 9.18 Å². The lowest BCUT2D eigenvalue weighted by Crippen LogP contribution is -2.43. The number of hydrogen-bond donors (Lipinski definition) is 2. The number of amides is 2. The first-order valence-corrected chi connectivity index (χ1v) is 8.03. The Kier molecular flexibility index (Phi) is 6.51. The fraction of sp³-hybridized carbons (Fsp3) is 0.588. The Balaban J connectivity index is 1.52. The van der Waals surface area contributed by atoms with Crippen LogP contribution in [0.2, 0.25) is 0 Å². The first-order chi connectivity index (χ1) is 10.2. The summed E-state index contributed by atoms with van der Waals surface area (Å²) in [4.78, 5) is 11.7. The molecule has 0 radical (unpaired) electrons. The third-order valence-electron chi connectivity index (χ3n) is 4.03. The normalized spacial score (nSPS) is 15.7. The van der Waals surface area contributed by atoms with E-state index in [-0.39, 0.29) is 11.8 Å². The van der Waals surface area contributed by atoms with Gasteiger partial charge in [-0.1, -0.05) is 31.4 Å². The summed E-state index contributed by atoms with van der Waals surface area (Å²) in [5.74, 6) is -0.195. The van der Waals surface area contributed by atoms with E-state index in [9.17, 15) is 9.18 Å². The fourth-order valence-electron chi connectivity index (χ4n) is 2.79. The number of urea groups is 1. The Morgan fingerprint density at radius 1 is 1.10 bits per heavy atom. The Bertz CT molecular complexity index is 427. The molecular formula is C17H25FN2O. The van der Waals surface area contributed by atoms with Crippen LogP contribution in [0.4, 0.5) is 9.18 Å². The molecule has 0 atom stereocenters. The highest BCUT2D eigenvalue weighted by Gasteiger charge is 2.14. The number of rotatable bonds is 6. The second-order valence-electron chi connectivity index (χ2n) is 5.82. The van der Waals surface area contributed by atoms with Crippen molar-refractivity contribution < 1.29 is 9.18 Å². The molecule has 1 aliphatic rings. The van der Waals surface area contributed by atoms with Crippen LogP contribution >= 0.6 is 0 Å². The van der Waals surface area contributed by atoms with Gasteiger partial charge in [-0.2, -0.15) is 0 Å². The minimum atomic E-state index is -0.195. The van der Waals surface area contributed by atoms with Gasteiger partial charge in [0.05, 0.1) is 0 Å². The average molecular weight is 292 g/mol. The molecule has 2 rings (SSSR count). The van der Waals surface area contributed by atoms with Crippen molar-refractivity contribution in [1.82, 2.24) is 10.6 Å². The molecule has 0 aromatic heterocycles. The lowest BCUT2D eigenvalue weighted by molar-refractivity contribution is 0.232. The molecule has 0 saturated heterocycles. The van der Waals surface area contributed by atoms with Crippen molar-refractivity contribution in [3.05, 3.63) is 35.6 Å². The monoisotopic (exact) mass is 292 g/mol. The Morgan fingerprint density at radius 3 is 2.52 bits per heavy atom.